The lowest BCUT2D eigenvalue weighted by molar-refractivity contribution is 0.204. The molecule has 0 bridgehead atoms. The van der Waals surface area contributed by atoms with E-state index in [9.17, 15) is 5.26 Å². The molecule has 0 aliphatic carbocycles. The number of hydrogen-bond acceptors (Lipinski definition) is 3. The highest BCUT2D eigenvalue weighted by atomic mass is 35.5. The molecule has 0 aliphatic heterocycles. The molecule has 0 saturated heterocycles. The maximum Gasteiger partial charge on any atom is 0.101 e. The minimum atomic E-state index is 0.428. The molecule has 0 fully saturated rings. The standard InChI is InChI=1S/C15H21ClN2O/c1-12(2)11-18(6-7-19-3)15-5-4-13(9-16)8-14(15)10-17/h4-5,8,12H,6-7,9,11H2,1-3H3. The van der Waals surface area contributed by atoms with E-state index >= 15 is 0 Å². The lowest BCUT2D eigenvalue weighted by Crippen LogP contribution is -2.31. The normalized spacial score (nSPS) is 10.5. The van der Waals surface area contributed by atoms with Crippen LogP contribution in [0.2, 0.25) is 0 Å². The third kappa shape index (κ3) is 4.74. The maximum absolute atomic E-state index is 9.30. The number of anilines is 1. The smallest absolute Gasteiger partial charge is 0.101 e. The fourth-order valence-electron chi connectivity index (χ4n) is 1.98. The first-order valence-corrected chi connectivity index (χ1v) is 6.98. The molecular weight excluding hydrogens is 260 g/mol. The first kappa shape index (κ1) is 15.8. The zero-order chi connectivity index (χ0) is 14.3. The van der Waals surface area contributed by atoms with Crippen molar-refractivity contribution in [1.82, 2.24) is 0 Å². The second-order valence-electron chi connectivity index (χ2n) is 4.93. The van der Waals surface area contributed by atoms with E-state index in [2.05, 4.69) is 24.8 Å². The van der Waals surface area contributed by atoms with Gasteiger partial charge >= 0.3 is 0 Å². The molecule has 3 nitrogen and oxygen atoms in total. The highest BCUT2D eigenvalue weighted by Crippen LogP contribution is 2.23. The molecule has 1 rings (SSSR count). The van der Waals surface area contributed by atoms with Crippen LogP contribution in [0.3, 0.4) is 0 Å². The van der Waals surface area contributed by atoms with Crippen molar-refractivity contribution in [3.05, 3.63) is 29.3 Å². The van der Waals surface area contributed by atoms with Gasteiger partial charge in [-0.15, -0.1) is 11.6 Å². The molecule has 4 heteroatoms. The number of rotatable bonds is 7. The molecule has 104 valence electrons. The number of halogens is 1. The SMILES string of the molecule is COCCN(CC(C)C)c1ccc(CCl)cc1C#N. The quantitative estimate of drug-likeness (QED) is 0.718. The van der Waals surface area contributed by atoms with Crippen LogP contribution in [0.4, 0.5) is 5.69 Å². The van der Waals surface area contributed by atoms with E-state index in [0.717, 1.165) is 24.3 Å². The lowest BCUT2D eigenvalue weighted by atomic mass is 10.1. The maximum atomic E-state index is 9.30. The van der Waals surface area contributed by atoms with Crippen molar-refractivity contribution >= 4 is 17.3 Å². The van der Waals surface area contributed by atoms with Crippen molar-refractivity contribution in [2.75, 3.05) is 31.7 Å². The van der Waals surface area contributed by atoms with Crippen molar-refractivity contribution in [3.63, 3.8) is 0 Å². The molecule has 0 aliphatic rings. The summed E-state index contributed by atoms with van der Waals surface area (Å²) >= 11 is 5.81. The monoisotopic (exact) mass is 280 g/mol. The predicted octanol–water partition coefficient (Wildman–Crippen LogP) is 3.41. The Balaban J connectivity index is 3.03. The van der Waals surface area contributed by atoms with Gasteiger partial charge in [-0.05, 0) is 23.6 Å². The Morgan fingerprint density at radius 2 is 2.16 bits per heavy atom. The Morgan fingerprint density at radius 1 is 1.42 bits per heavy atom. The zero-order valence-electron chi connectivity index (χ0n) is 11.8. The van der Waals surface area contributed by atoms with E-state index in [1.807, 2.05) is 18.2 Å². The van der Waals surface area contributed by atoms with E-state index < -0.39 is 0 Å². The average molecular weight is 281 g/mol. The third-order valence-electron chi connectivity index (χ3n) is 2.83. The summed E-state index contributed by atoms with van der Waals surface area (Å²) in [7, 11) is 1.69. The van der Waals surface area contributed by atoms with Gasteiger partial charge in [0.15, 0.2) is 0 Å². The molecular formula is C15H21ClN2O. The van der Waals surface area contributed by atoms with Crippen molar-refractivity contribution in [1.29, 1.82) is 5.26 Å². The van der Waals surface area contributed by atoms with Crippen molar-refractivity contribution < 1.29 is 4.74 Å². The van der Waals surface area contributed by atoms with Gasteiger partial charge < -0.3 is 9.64 Å². The van der Waals surface area contributed by atoms with Gasteiger partial charge in [0.1, 0.15) is 6.07 Å². The summed E-state index contributed by atoms with van der Waals surface area (Å²) in [6.45, 7) is 6.66. The second-order valence-corrected chi connectivity index (χ2v) is 5.20. The minimum absolute atomic E-state index is 0.428. The molecule has 0 atom stereocenters. The summed E-state index contributed by atoms with van der Waals surface area (Å²) < 4.78 is 5.15. The Bertz CT molecular complexity index is 440. The Morgan fingerprint density at radius 3 is 2.68 bits per heavy atom. The van der Waals surface area contributed by atoms with Gasteiger partial charge in [-0.3, -0.25) is 0 Å². The number of benzene rings is 1. The first-order valence-electron chi connectivity index (χ1n) is 6.45. The molecule has 0 unspecified atom stereocenters. The molecule has 0 spiro atoms. The van der Waals surface area contributed by atoms with Crippen LogP contribution in [0.1, 0.15) is 25.0 Å². The van der Waals surface area contributed by atoms with Gasteiger partial charge in [0, 0.05) is 26.1 Å². The summed E-state index contributed by atoms with van der Waals surface area (Å²) in [6, 6.07) is 8.08. The molecule has 0 heterocycles. The van der Waals surface area contributed by atoms with Crippen molar-refractivity contribution in [2.24, 2.45) is 5.92 Å². The van der Waals surface area contributed by atoms with E-state index in [1.54, 1.807) is 7.11 Å². The van der Waals surface area contributed by atoms with Crippen LogP contribution < -0.4 is 4.90 Å². The first-order chi connectivity index (χ1) is 9.12. The van der Waals surface area contributed by atoms with E-state index in [1.165, 1.54) is 0 Å². The van der Waals surface area contributed by atoms with E-state index in [-0.39, 0.29) is 0 Å². The van der Waals surface area contributed by atoms with Crippen LogP contribution in [0, 0.1) is 17.2 Å². The van der Waals surface area contributed by atoms with Crippen molar-refractivity contribution in [3.8, 4) is 6.07 Å². The topological polar surface area (TPSA) is 36.3 Å². The number of ether oxygens (including phenoxy) is 1. The van der Waals surface area contributed by atoms with Gasteiger partial charge in [-0.1, -0.05) is 19.9 Å². The molecule has 0 radical (unpaired) electrons. The lowest BCUT2D eigenvalue weighted by Gasteiger charge is -2.27. The number of alkyl halides is 1. The highest BCUT2D eigenvalue weighted by Gasteiger charge is 2.13. The number of methoxy groups -OCH3 is 1. The highest BCUT2D eigenvalue weighted by molar-refractivity contribution is 6.17. The largest absolute Gasteiger partial charge is 0.383 e. The summed E-state index contributed by atoms with van der Waals surface area (Å²) in [6.07, 6.45) is 0. The summed E-state index contributed by atoms with van der Waals surface area (Å²) in [5.74, 6) is 0.952. The van der Waals surface area contributed by atoms with Crippen LogP contribution in [0.25, 0.3) is 0 Å². The molecule has 0 N–H and O–H groups in total. The molecule has 0 amide bonds. The Kier molecular flexibility index (Phi) is 6.69. The Hall–Kier alpha value is -1.24. The van der Waals surface area contributed by atoms with Gasteiger partial charge in [-0.2, -0.15) is 5.26 Å². The van der Waals surface area contributed by atoms with Crippen molar-refractivity contribution in [2.45, 2.75) is 19.7 Å². The van der Waals surface area contributed by atoms with Crippen LogP contribution in [-0.2, 0) is 10.6 Å². The van der Waals surface area contributed by atoms with Crippen LogP contribution >= 0.6 is 11.6 Å². The predicted molar refractivity (Wildman–Crippen MR) is 79.6 cm³/mol. The summed E-state index contributed by atoms with van der Waals surface area (Å²) in [5, 5.41) is 9.30. The molecule has 0 aromatic heterocycles. The fraction of sp³-hybridized carbons (Fsp3) is 0.533. The molecule has 1 aromatic carbocycles. The van der Waals surface area contributed by atoms with Gasteiger partial charge in [0.25, 0.3) is 0 Å². The zero-order valence-corrected chi connectivity index (χ0v) is 12.6. The van der Waals surface area contributed by atoms with Crippen LogP contribution in [0.15, 0.2) is 18.2 Å². The van der Waals surface area contributed by atoms with E-state index in [4.69, 9.17) is 16.3 Å². The molecule has 0 saturated carbocycles. The summed E-state index contributed by atoms with van der Waals surface area (Å²) in [5.41, 5.74) is 2.61. The fourth-order valence-corrected chi connectivity index (χ4v) is 2.15. The number of nitrogens with zero attached hydrogens (tertiary/aromatic N) is 2. The average Bonchev–Trinajstić information content (AvgIpc) is 2.42. The summed E-state index contributed by atoms with van der Waals surface area (Å²) in [4.78, 5) is 2.20. The number of nitriles is 1. The van der Waals surface area contributed by atoms with Crippen LogP contribution in [0.5, 0.6) is 0 Å². The molecule has 19 heavy (non-hydrogen) atoms. The van der Waals surface area contributed by atoms with Crippen LogP contribution in [-0.4, -0.2) is 26.8 Å². The second kappa shape index (κ2) is 8.04. The molecule has 1 aromatic rings. The third-order valence-corrected chi connectivity index (χ3v) is 3.14. The van der Waals surface area contributed by atoms with Gasteiger partial charge in [-0.25, -0.2) is 0 Å². The van der Waals surface area contributed by atoms with E-state index in [0.29, 0.717) is 24.0 Å². The van der Waals surface area contributed by atoms with Gasteiger partial charge in [0.05, 0.1) is 17.9 Å². The Labute approximate surface area is 120 Å². The van der Waals surface area contributed by atoms with Gasteiger partial charge in [0.2, 0.25) is 0 Å². The minimum Gasteiger partial charge on any atom is -0.383 e. The number of hydrogen-bond donors (Lipinski definition) is 0.